The zero-order valence-electron chi connectivity index (χ0n) is 7.74. The SMILES string of the molecule is CCCOC(=O)C=CN(C)C.Cl. The van der Waals surface area contributed by atoms with Gasteiger partial charge in [0.25, 0.3) is 0 Å². The van der Waals surface area contributed by atoms with Crippen LogP contribution in [0, 0.1) is 0 Å². The van der Waals surface area contributed by atoms with Crippen molar-refractivity contribution in [2.75, 3.05) is 20.7 Å². The van der Waals surface area contributed by atoms with Gasteiger partial charge in [-0.25, -0.2) is 4.79 Å². The second-order valence-corrected chi connectivity index (χ2v) is 2.45. The molecule has 0 aromatic rings. The molecule has 0 rings (SSSR count). The number of carbonyl (C=O) groups is 1. The Balaban J connectivity index is 0. The van der Waals surface area contributed by atoms with E-state index in [4.69, 9.17) is 4.74 Å². The first-order valence-corrected chi connectivity index (χ1v) is 3.68. The van der Waals surface area contributed by atoms with Gasteiger partial charge in [0.2, 0.25) is 0 Å². The number of esters is 1. The summed E-state index contributed by atoms with van der Waals surface area (Å²) in [4.78, 5) is 12.6. The number of rotatable bonds is 4. The Morgan fingerprint density at radius 3 is 2.50 bits per heavy atom. The third kappa shape index (κ3) is 9.30. The number of halogens is 1. The summed E-state index contributed by atoms with van der Waals surface area (Å²) in [5.41, 5.74) is 0. The van der Waals surface area contributed by atoms with Gasteiger partial charge in [-0.15, -0.1) is 12.4 Å². The fraction of sp³-hybridized carbons (Fsp3) is 0.625. The van der Waals surface area contributed by atoms with E-state index >= 15 is 0 Å². The molecule has 0 bridgehead atoms. The van der Waals surface area contributed by atoms with Crippen LogP contribution in [0.4, 0.5) is 0 Å². The quantitative estimate of drug-likeness (QED) is 0.500. The van der Waals surface area contributed by atoms with E-state index in [1.807, 2.05) is 21.0 Å². The van der Waals surface area contributed by atoms with Crippen molar-refractivity contribution in [3.05, 3.63) is 12.3 Å². The zero-order chi connectivity index (χ0) is 8.69. The van der Waals surface area contributed by atoms with E-state index in [1.165, 1.54) is 6.08 Å². The molecule has 0 N–H and O–H groups in total. The van der Waals surface area contributed by atoms with Crippen molar-refractivity contribution < 1.29 is 9.53 Å². The van der Waals surface area contributed by atoms with Gasteiger partial charge < -0.3 is 9.64 Å². The van der Waals surface area contributed by atoms with Crippen LogP contribution in [0.5, 0.6) is 0 Å². The van der Waals surface area contributed by atoms with Crippen LogP contribution in [0.25, 0.3) is 0 Å². The van der Waals surface area contributed by atoms with E-state index < -0.39 is 0 Å². The summed E-state index contributed by atoms with van der Waals surface area (Å²) in [5, 5.41) is 0. The van der Waals surface area contributed by atoms with Gasteiger partial charge in [0.05, 0.1) is 6.61 Å². The van der Waals surface area contributed by atoms with Crippen molar-refractivity contribution in [1.29, 1.82) is 0 Å². The average molecular weight is 194 g/mol. The van der Waals surface area contributed by atoms with Crippen molar-refractivity contribution in [2.45, 2.75) is 13.3 Å². The highest BCUT2D eigenvalue weighted by Gasteiger charge is 1.93. The summed E-state index contributed by atoms with van der Waals surface area (Å²) in [5.74, 6) is -0.277. The Morgan fingerprint density at radius 2 is 2.08 bits per heavy atom. The minimum absolute atomic E-state index is 0. The smallest absolute Gasteiger partial charge is 0.332 e. The van der Waals surface area contributed by atoms with E-state index in [0.717, 1.165) is 6.42 Å². The predicted molar refractivity (Wildman–Crippen MR) is 51.3 cm³/mol. The highest BCUT2D eigenvalue weighted by molar-refractivity contribution is 5.85. The fourth-order valence-electron chi connectivity index (χ4n) is 0.461. The van der Waals surface area contributed by atoms with Crippen LogP contribution in [0.3, 0.4) is 0 Å². The number of hydrogen-bond acceptors (Lipinski definition) is 3. The molecule has 0 aromatic heterocycles. The Hall–Kier alpha value is -0.700. The molecule has 0 saturated heterocycles. The largest absolute Gasteiger partial charge is 0.463 e. The van der Waals surface area contributed by atoms with Crippen LogP contribution in [0.1, 0.15) is 13.3 Å². The first-order chi connectivity index (χ1) is 5.16. The van der Waals surface area contributed by atoms with Gasteiger partial charge in [-0.3, -0.25) is 0 Å². The van der Waals surface area contributed by atoms with Crippen LogP contribution >= 0.6 is 12.4 Å². The van der Waals surface area contributed by atoms with E-state index in [9.17, 15) is 4.79 Å². The Bertz CT molecular complexity index is 146. The summed E-state index contributed by atoms with van der Waals surface area (Å²) in [6.45, 7) is 2.46. The number of carbonyl (C=O) groups excluding carboxylic acids is 1. The first kappa shape index (κ1) is 13.9. The maximum Gasteiger partial charge on any atom is 0.332 e. The highest BCUT2D eigenvalue weighted by Crippen LogP contribution is 1.85. The lowest BCUT2D eigenvalue weighted by molar-refractivity contribution is -0.137. The lowest BCUT2D eigenvalue weighted by atomic mass is 10.5. The summed E-state index contributed by atoms with van der Waals surface area (Å²) in [6.07, 6.45) is 3.94. The fourth-order valence-corrected chi connectivity index (χ4v) is 0.461. The number of nitrogens with zero attached hydrogens (tertiary/aromatic N) is 1. The van der Waals surface area contributed by atoms with E-state index in [0.29, 0.717) is 6.61 Å². The molecule has 0 atom stereocenters. The molecular weight excluding hydrogens is 178 g/mol. The van der Waals surface area contributed by atoms with Gasteiger partial charge >= 0.3 is 5.97 Å². The summed E-state index contributed by atoms with van der Waals surface area (Å²) in [6, 6.07) is 0. The molecule has 0 heterocycles. The van der Waals surface area contributed by atoms with E-state index in [1.54, 1.807) is 11.1 Å². The monoisotopic (exact) mass is 193 g/mol. The molecule has 3 nitrogen and oxygen atoms in total. The molecule has 0 aromatic carbocycles. The second kappa shape index (κ2) is 8.40. The zero-order valence-corrected chi connectivity index (χ0v) is 8.56. The molecule has 0 radical (unpaired) electrons. The van der Waals surface area contributed by atoms with Crippen LogP contribution in [-0.2, 0) is 9.53 Å². The summed E-state index contributed by atoms with van der Waals surface area (Å²) >= 11 is 0. The number of ether oxygens (including phenoxy) is 1. The Morgan fingerprint density at radius 1 is 1.50 bits per heavy atom. The topological polar surface area (TPSA) is 29.5 Å². The maximum absolute atomic E-state index is 10.8. The van der Waals surface area contributed by atoms with Gasteiger partial charge in [-0.1, -0.05) is 6.92 Å². The summed E-state index contributed by atoms with van der Waals surface area (Å²) in [7, 11) is 3.70. The van der Waals surface area contributed by atoms with E-state index in [2.05, 4.69) is 0 Å². The van der Waals surface area contributed by atoms with E-state index in [-0.39, 0.29) is 18.4 Å². The van der Waals surface area contributed by atoms with Crippen LogP contribution < -0.4 is 0 Å². The highest BCUT2D eigenvalue weighted by atomic mass is 35.5. The van der Waals surface area contributed by atoms with Gasteiger partial charge in [-0.2, -0.15) is 0 Å². The van der Waals surface area contributed by atoms with Gasteiger partial charge in [0.15, 0.2) is 0 Å². The van der Waals surface area contributed by atoms with Gasteiger partial charge in [-0.05, 0) is 6.42 Å². The molecule has 12 heavy (non-hydrogen) atoms. The molecular formula is C8H16ClNO2. The average Bonchev–Trinajstić information content (AvgIpc) is 1.97. The molecule has 0 fully saturated rings. The minimum Gasteiger partial charge on any atom is -0.463 e. The van der Waals surface area contributed by atoms with Crippen molar-refractivity contribution in [1.82, 2.24) is 4.90 Å². The molecule has 0 aliphatic carbocycles. The molecule has 0 aliphatic heterocycles. The molecule has 0 spiro atoms. The number of hydrogen-bond donors (Lipinski definition) is 0. The minimum atomic E-state index is -0.277. The third-order valence-corrected chi connectivity index (χ3v) is 0.957. The van der Waals surface area contributed by atoms with Gasteiger partial charge in [0, 0.05) is 26.4 Å². The Labute approximate surface area is 79.8 Å². The third-order valence-electron chi connectivity index (χ3n) is 0.957. The maximum atomic E-state index is 10.8. The Kier molecular flexibility index (Phi) is 9.70. The normalized spacial score (nSPS) is 9.25. The molecule has 4 heteroatoms. The van der Waals surface area contributed by atoms with Crippen molar-refractivity contribution in [3.63, 3.8) is 0 Å². The van der Waals surface area contributed by atoms with Crippen molar-refractivity contribution in [2.24, 2.45) is 0 Å². The molecule has 72 valence electrons. The van der Waals surface area contributed by atoms with Crippen molar-refractivity contribution >= 4 is 18.4 Å². The summed E-state index contributed by atoms with van der Waals surface area (Å²) < 4.78 is 4.79. The first-order valence-electron chi connectivity index (χ1n) is 3.68. The van der Waals surface area contributed by atoms with Gasteiger partial charge in [0.1, 0.15) is 0 Å². The molecule has 0 saturated carbocycles. The van der Waals surface area contributed by atoms with Crippen LogP contribution in [0.2, 0.25) is 0 Å². The van der Waals surface area contributed by atoms with Crippen LogP contribution in [0.15, 0.2) is 12.3 Å². The van der Waals surface area contributed by atoms with Crippen molar-refractivity contribution in [3.8, 4) is 0 Å². The molecule has 0 amide bonds. The lowest BCUT2D eigenvalue weighted by Crippen LogP contribution is -2.05. The predicted octanol–water partition coefficient (Wildman–Crippen LogP) is 1.44. The molecule has 0 aliphatic rings. The standard InChI is InChI=1S/C8H15NO2.ClH/c1-4-7-11-8(10)5-6-9(2)3;/h5-6H,4,7H2,1-3H3;1H. The second-order valence-electron chi connectivity index (χ2n) is 2.45. The molecule has 0 unspecified atom stereocenters. The lowest BCUT2D eigenvalue weighted by Gasteiger charge is -2.02. The van der Waals surface area contributed by atoms with Crippen LogP contribution in [-0.4, -0.2) is 31.6 Å².